The Kier molecular flexibility index (Phi) is 12.7. The van der Waals surface area contributed by atoms with Gasteiger partial charge in [-0.1, -0.05) is 12.8 Å². The van der Waals surface area contributed by atoms with Gasteiger partial charge in [-0.15, -0.1) is 0 Å². The molecular weight excluding hydrogens is 238 g/mol. The zero-order valence-corrected chi connectivity index (χ0v) is 13.3. The summed E-state index contributed by atoms with van der Waals surface area (Å²) in [6, 6.07) is 1.72. The van der Waals surface area contributed by atoms with Crippen LogP contribution in [0.2, 0.25) is 0 Å². The topological polar surface area (TPSA) is 56.3 Å². The fourth-order valence-electron chi connectivity index (χ4n) is 2.45. The van der Waals surface area contributed by atoms with E-state index in [0.29, 0.717) is 18.1 Å². The van der Waals surface area contributed by atoms with E-state index in [1.807, 2.05) is 14.1 Å². The molecule has 0 aromatic rings. The van der Waals surface area contributed by atoms with Crippen LogP contribution in [0.25, 0.3) is 0 Å². The summed E-state index contributed by atoms with van der Waals surface area (Å²) in [6.07, 6.45) is 8.25. The van der Waals surface area contributed by atoms with Crippen molar-refractivity contribution >= 4 is 0 Å². The Bertz CT molecular complexity index is 190. The van der Waals surface area contributed by atoms with Crippen molar-refractivity contribution in [1.82, 2.24) is 16.0 Å². The summed E-state index contributed by atoms with van der Waals surface area (Å²) >= 11 is 0. The van der Waals surface area contributed by atoms with Crippen LogP contribution in [0.15, 0.2) is 0 Å². The van der Waals surface area contributed by atoms with Crippen molar-refractivity contribution in [2.75, 3.05) is 27.7 Å². The SMILES string of the molecule is CNC(C)CCCC(CCCC(CCO)NC)NC. The summed E-state index contributed by atoms with van der Waals surface area (Å²) in [7, 11) is 6.07. The molecule has 0 heterocycles. The van der Waals surface area contributed by atoms with E-state index in [2.05, 4.69) is 29.9 Å². The predicted molar refractivity (Wildman–Crippen MR) is 83.6 cm³/mol. The number of hydrogen-bond donors (Lipinski definition) is 4. The zero-order valence-electron chi connectivity index (χ0n) is 13.3. The van der Waals surface area contributed by atoms with Crippen LogP contribution in [-0.2, 0) is 0 Å². The van der Waals surface area contributed by atoms with Gasteiger partial charge in [0.15, 0.2) is 0 Å². The van der Waals surface area contributed by atoms with E-state index >= 15 is 0 Å². The van der Waals surface area contributed by atoms with Crippen molar-refractivity contribution in [2.24, 2.45) is 0 Å². The largest absolute Gasteiger partial charge is 0.396 e. The number of nitrogens with one attached hydrogen (secondary N) is 3. The van der Waals surface area contributed by atoms with Crippen LogP contribution in [0.4, 0.5) is 0 Å². The second-order valence-electron chi connectivity index (χ2n) is 5.54. The molecule has 116 valence electrons. The molecule has 3 unspecified atom stereocenters. The molecule has 0 saturated heterocycles. The Morgan fingerprint density at radius 2 is 1.21 bits per heavy atom. The van der Waals surface area contributed by atoms with Crippen LogP contribution in [0.3, 0.4) is 0 Å². The predicted octanol–water partition coefficient (Wildman–Crippen LogP) is 1.49. The highest BCUT2D eigenvalue weighted by molar-refractivity contribution is 4.70. The third-order valence-corrected chi connectivity index (χ3v) is 4.08. The van der Waals surface area contributed by atoms with Crippen LogP contribution in [0.1, 0.15) is 51.9 Å². The maximum atomic E-state index is 8.96. The van der Waals surface area contributed by atoms with Gasteiger partial charge >= 0.3 is 0 Å². The first-order valence-electron chi connectivity index (χ1n) is 7.80. The van der Waals surface area contributed by atoms with Crippen LogP contribution in [0.5, 0.6) is 0 Å². The molecule has 0 radical (unpaired) electrons. The minimum Gasteiger partial charge on any atom is -0.396 e. The fourth-order valence-corrected chi connectivity index (χ4v) is 2.45. The highest BCUT2D eigenvalue weighted by Crippen LogP contribution is 2.12. The van der Waals surface area contributed by atoms with Gasteiger partial charge in [0, 0.05) is 24.7 Å². The van der Waals surface area contributed by atoms with E-state index in [9.17, 15) is 0 Å². The molecule has 0 amide bonds. The summed E-state index contributed by atoms with van der Waals surface area (Å²) < 4.78 is 0. The highest BCUT2D eigenvalue weighted by Gasteiger charge is 2.09. The van der Waals surface area contributed by atoms with E-state index < -0.39 is 0 Å². The lowest BCUT2D eigenvalue weighted by Gasteiger charge is -2.19. The van der Waals surface area contributed by atoms with Gasteiger partial charge < -0.3 is 21.1 Å². The van der Waals surface area contributed by atoms with Crippen molar-refractivity contribution in [3.8, 4) is 0 Å². The van der Waals surface area contributed by atoms with Gasteiger partial charge in [0.25, 0.3) is 0 Å². The summed E-state index contributed by atoms with van der Waals surface area (Å²) in [4.78, 5) is 0. The maximum absolute atomic E-state index is 8.96. The van der Waals surface area contributed by atoms with Gasteiger partial charge in [-0.3, -0.25) is 0 Å². The number of aliphatic hydroxyl groups is 1. The Morgan fingerprint density at radius 1 is 0.737 bits per heavy atom. The van der Waals surface area contributed by atoms with Crippen LogP contribution >= 0.6 is 0 Å². The Hall–Kier alpha value is -0.160. The molecule has 4 N–H and O–H groups in total. The molecule has 0 spiro atoms. The Balaban J connectivity index is 3.68. The average molecular weight is 273 g/mol. The molecule has 0 rings (SSSR count). The molecular formula is C15H35N3O. The smallest absolute Gasteiger partial charge is 0.0445 e. The van der Waals surface area contributed by atoms with E-state index in [-0.39, 0.29) is 6.61 Å². The lowest BCUT2D eigenvalue weighted by Crippen LogP contribution is -2.29. The van der Waals surface area contributed by atoms with Crippen molar-refractivity contribution in [3.63, 3.8) is 0 Å². The second kappa shape index (κ2) is 12.9. The monoisotopic (exact) mass is 273 g/mol. The second-order valence-corrected chi connectivity index (χ2v) is 5.54. The van der Waals surface area contributed by atoms with Crippen LogP contribution in [-0.4, -0.2) is 51.0 Å². The summed E-state index contributed by atoms with van der Waals surface area (Å²) in [5.41, 5.74) is 0. The normalized spacial score (nSPS) is 16.3. The average Bonchev–Trinajstić information content (AvgIpc) is 2.44. The number of hydrogen-bond acceptors (Lipinski definition) is 4. The molecule has 0 aromatic heterocycles. The Labute approximate surface area is 119 Å². The summed E-state index contributed by atoms with van der Waals surface area (Å²) in [6.45, 7) is 2.52. The first-order valence-corrected chi connectivity index (χ1v) is 7.80. The standard InChI is InChI=1S/C15H35N3O/c1-13(16-2)7-5-8-14(17-3)9-6-10-15(18-4)11-12-19/h13-19H,5-12H2,1-4H3. The molecule has 0 aliphatic rings. The van der Waals surface area contributed by atoms with E-state index in [0.717, 1.165) is 12.8 Å². The molecule has 3 atom stereocenters. The third kappa shape index (κ3) is 10.3. The first kappa shape index (κ1) is 18.8. The molecule has 0 saturated carbocycles. The van der Waals surface area contributed by atoms with Gasteiger partial charge in [0.2, 0.25) is 0 Å². The third-order valence-electron chi connectivity index (χ3n) is 4.08. The summed E-state index contributed by atoms with van der Waals surface area (Å²) in [5, 5.41) is 18.9. The number of rotatable bonds is 13. The lowest BCUT2D eigenvalue weighted by atomic mass is 9.99. The maximum Gasteiger partial charge on any atom is 0.0445 e. The molecule has 0 aromatic carbocycles. The molecule has 0 aliphatic carbocycles. The first-order chi connectivity index (χ1) is 9.17. The molecule has 4 nitrogen and oxygen atoms in total. The van der Waals surface area contributed by atoms with Crippen molar-refractivity contribution < 1.29 is 5.11 Å². The fraction of sp³-hybridized carbons (Fsp3) is 1.00. The van der Waals surface area contributed by atoms with Gasteiger partial charge in [-0.2, -0.15) is 0 Å². The zero-order chi connectivity index (χ0) is 14.5. The molecule has 4 heteroatoms. The molecule has 0 fully saturated rings. The van der Waals surface area contributed by atoms with E-state index in [4.69, 9.17) is 5.11 Å². The van der Waals surface area contributed by atoms with Crippen molar-refractivity contribution in [2.45, 2.75) is 70.0 Å². The highest BCUT2D eigenvalue weighted by atomic mass is 16.3. The van der Waals surface area contributed by atoms with Gasteiger partial charge in [0.1, 0.15) is 0 Å². The summed E-state index contributed by atoms with van der Waals surface area (Å²) in [5.74, 6) is 0. The van der Waals surface area contributed by atoms with E-state index in [1.165, 1.54) is 32.1 Å². The van der Waals surface area contributed by atoms with Crippen molar-refractivity contribution in [3.05, 3.63) is 0 Å². The van der Waals surface area contributed by atoms with Crippen LogP contribution in [0, 0.1) is 0 Å². The minimum absolute atomic E-state index is 0.281. The van der Waals surface area contributed by atoms with E-state index in [1.54, 1.807) is 0 Å². The molecule has 0 aliphatic heterocycles. The van der Waals surface area contributed by atoms with Gasteiger partial charge in [0.05, 0.1) is 0 Å². The van der Waals surface area contributed by atoms with Gasteiger partial charge in [-0.25, -0.2) is 0 Å². The minimum atomic E-state index is 0.281. The van der Waals surface area contributed by atoms with Gasteiger partial charge in [-0.05, 0) is 60.2 Å². The number of aliphatic hydroxyl groups excluding tert-OH is 1. The quantitative estimate of drug-likeness (QED) is 0.411. The Morgan fingerprint density at radius 3 is 1.63 bits per heavy atom. The van der Waals surface area contributed by atoms with Crippen molar-refractivity contribution in [1.29, 1.82) is 0 Å². The molecule has 19 heavy (non-hydrogen) atoms. The lowest BCUT2D eigenvalue weighted by molar-refractivity contribution is 0.261. The molecule has 0 bridgehead atoms. The van der Waals surface area contributed by atoms with Crippen LogP contribution < -0.4 is 16.0 Å².